The zero-order chi connectivity index (χ0) is 17.1. The molecule has 3 aliphatic heterocycles. The van der Waals surface area contributed by atoms with Crippen molar-refractivity contribution >= 4 is 11.6 Å². The molecule has 25 heavy (non-hydrogen) atoms. The largest absolute Gasteiger partial charge is 0.321 e. The van der Waals surface area contributed by atoms with Crippen LogP contribution in [0.2, 0.25) is 5.02 Å². The van der Waals surface area contributed by atoms with E-state index in [2.05, 4.69) is 32.4 Å². The van der Waals surface area contributed by atoms with Gasteiger partial charge >= 0.3 is 0 Å². The molecular weight excluding hydrogens is 332 g/mol. The van der Waals surface area contributed by atoms with Gasteiger partial charge in [-0.05, 0) is 55.6 Å². The Morgan fingerprint density at radius 1 is 0.960 bits per heavy atom. The summed E-state index contributed by atoms with van der Waals surface area (Å²) in [6.07, 6.45) is 5.35. The van der Waals surface area contributed by atoms with Crippen molar-refractivity contribution in [2.75, 3.05) is 45.8 Å². The van der Waals surface area contributed by atoms with Crippen molar-refractivity contribution in [1.82, 2.24) is 20.2 Å². The lowest BCUT2D eigenvalue weighted by Crippen LogP contribution is -2.42. The molecule has 5 heteroatoms. The van der Waals surface area contributed by atoms with Gasteiger partial charge in [0.2, 0.25) is 0 Å². The van der Waals surface area contributed by atoms with E-state index in [0.717, 1.165) is 37.7 Å². The molecule has 1 aromatic rings. The molecule has 136 valence electrons. The Kier molecular flexibility index (Phi) is 5.61. The van der Waals surface area contributed by atoms with Gasteiger partial charge in [-0.3, -0.25) is 4.90 Å². The highest BCUT2D eigenvalue weighted by molar-refractivity contribution is 6.30. The van der Waals surface area contributed by atoms with Crippen LogP contribution >= 0.6 is 11.6 Å². The quantitative estimate of drug-likeness (QED) is 0.870. The number of piperidine rings is 1. The average molecular weight is 361 g/mol. The molecule has 0 aromatic heterocycles. The number of hydrogen-bond donors (Lipinski definition) is 1. The molecule has 0 unspecified atom stereocenters. The minimum atomic E-state index is 0.831. The first kappa shape index (κ1) is 17.3. The third kappa shape index (κ3) is 4.56. The van der Waals surface area contributed by atoms with Gasteiger partial charge in [-0.15, -0.1) is 0 Å². The number of hydrazine groups is 1. The van der Waals surface area contributed by atoms with Crippen molar-refractivity contribution in [2.45, 2.75) is 32.2 Å². The van der Waals surface area contributed by atoms with E-state index in [4.69, 9.17) is 11.6 Å². The molecular formula is C20H29ClN4. The fourth-order valence-corrected chi connectivity index (χ4v) is 4.43. The maximum atomic E-state index is 6.12. The fraction of sp³-hybridized carbons (Fsp3) is 0.600. The van der Waals surface area contributed by atoms with Crippen LogP contribution in [-0.2, 0) is 6.54 Å². The number of rotatable bonds is 5. The third-order valence-corrected chi connectivity index (χ3v) is 5.88. The summed E-state index contributed by atoms with van der Waals surface area (Å²) in [5, 5.41) is 3.25. The number of benzene rings is 1. The van der Waals surface area contributed by atoms with Gasteiger partial charge in [0.25, 0.3) is 0 Å². The van der Waals surface area contributed by atoms with Gasteiger partial charge in [0.15, 0.2) is 0 Å². The maximum Gasteiger partial charge on any atom is 0.0411 e. The highest BCUT2D eigenvalue weighted by Gasteiger charge is 2.27. The summed E-state index contributed by atoms with van der Waals surface area (Å²) >= 11 is 6.12. The molecule has 1 N–H and O–H groups in total. The van der Waals surface area contributed by atoms with E-state index >= 15 is 0 Å². The minimum absolute atomic E-state index is 0.831. The molecule has 3 heterocycles. The van der Waals surface area contributed by atoms with Crippen LogP contribution < -0.4 is 5.43 Å². The molecule has 1 saturated heterocycles. The summed E-state index contributed by atoms with van der Waals surface area (Å²) in [6.45, 7) is 9.15. The Morgan fingerprint density at radius 3 is 2.68 bits per heavy atom. The predicted molar refractivity (Wildman–Crippen MR) is 103 cm³/mol. The number of likely N-dealkylation sites (tertiary alicyclic amines) is 1. The lowest BCUT2D eigenvalue weighted by molar-refractivity contribution is 0.171. The fourth-order valence-electron chi connectivity index (χ4n) is 4.22. The molecule has 1 aromatic carbocycles. The molecule has 0 saturated carbocycles. The molecule has 0 bridgehead atoms. The van der Waals surface area contributed by atoms with Crippen LogP contribution in [0.15, 0.2) is 35.5 Å². The van der Waals surface area contributed by atoms with E-state index in [0.29, 0.717) is 0 Å². The maximum absolute atomic E-state index is 6.12. The minimum Gasteiger partial charge on any atom is -0.321 e. The van der Waals surface area contributed by atoms with E-state index in [1.807, 2.05) is 12.1 Å². The second-order valence-electron chi connectivity index (χ2n) is 7.61. The molecule has 1 fully saturated rings. The van der Waals surface area contributed by atoms with Gasteiger partial charge < -0.3 is 10.3 Å². The van der Waals surface area contributed by atoms with E-state index in [9.17, 15) is 0 Å². The smallest absolute Gasteiger partial charge is 0.0411 e. The molecule has 0 radical (unpaired) electrons. The molecule has 3 aliphatic rings. The van der Waals surface area contributed by atoms with E-state index in [1.165, 1.54) is 56.6 Å². The van der Waals surface area contributed by atoms with Crippen molar-refractivity contribution < 1.29 is 0 Å². The van der Waals surface area contributed by atoms with E-state index < -0.39 is 0 Å². The highest BCUT2D eigenvalue weighted by Crippen LogP contribution is 2.24. The van der Waals surface area contributed by atoms with Crippen LogP contribution in [-0.4, -0.2) is 60.6 Å². The van der Waals surface area contributed by atoms with Gasteiger partial charge in [-0.25, -0.2) is 5.01 Å². The lowest BCUT2D eigenvalue weighted by atomic mass is 10.1. The summed E-state index contributed by atoms with van der Waals surface area (Å²) in [5.41, 5.74) is 8.03. The normalized spacial score (nSPS) is 22.9. The Balaban J connectivity index is 1.26. The van der Waals surface area contributed by atoms with Gasteiger partial charge in [0, 0.05) is 50.0 Å². The van der Waals surface area contributed by atoms with Crippen LogP contribution in [0.3, 0.4) is 0 Å². The van der Waals surface area contributed by atoms with Crippen LogP contribution in [0.4, 0.5) is 0 Å². The van der Waals surface area contributed by atoms with Gasteiger partial charge in [0.05, 0.1) is 0 Å². The van der Waals surface area contributed by atoms with Crippen molar-refractivity contribution in [3.8, 4) is 0 Å². The van der Waals surface area contributed by atoms with Crippen LogP contribution in [0.5, 0.6) is 0 Å². The summed E-state index contributed by atoms with van der Waals surface area (Å²) < 4.78 is 0. The van der Waals surface area contributed by atoms with Crippen LogP contribution in [0.1, 0.15) is 31.2 Å². The third-order valence-electron chi connectivity index (χ3n) is 5.64. The van der Waals surface area contributed by atoms with Crippen molar-refractivity contribution in [2.24, 2.45) is 0 Å². The molecule has 0 spiro atoms. The average Bonchev–Trinajstić information content (AvgIpc) is 3.03. The zero-order valence-corrected chi connectivity index (χ0v) is 15.8. The number of nitrogens with zero attached hydrogens (tertiary/aromatic N) is 3. The molecule has 0 amide bonds. The van der Waals surface area contributed by atoms with Crippen molar-refractivity contribution in [1.29, 1.82) is 0 Å². The lowest BCUT2D eigenvalue weighted by Gasteiger charge is -2.29. The number of halogens is 1. The number of nitrogens with one attached hydrogen (secondary N) is 1. The summed E-state index contributed by atoms with van der Waals surface area (Å²) in [7, 11) is 0. The van der Waals surface area contributed by atoms with Crippen molar-refractivity contribution in [3.63, 3.8) is 0 Å². The Bertz CT molecular complexity index is 624. The monoisotopic (exact) mass is 360 g/mol. The van der Waals surface area contributed by atoms with E-state index in [1.54, 1.807) is 5.57 Å². The van der Waals surface area contributed by atoms with Crippen molar-refractivity contribution in [3.05, 3.63) is 46.1 Å². The molecule has 0 aliphatic carbocycles. The molecule has 4 rings (SSSR count). The van der Waals surface area contributed by atoms with Gasteiger partial charge in [-0.2, -0.15) is 0 Å². The van der Waals surface area contributed by atoms with E-state index in [-0.39, 0.29) is 0 Å². The van der Waals surface area contributed by atoms with Crippen LogP contribution in [0, 0.1) is 0 Å². The molecule has 4 nitrogen and oxygen atoms in total. The Hall–Kier alpha value is -1.07. The first-order chi connectivity index (χ1) is 12.3. The Labute approximate surface area is 156 Å². The summed E-state index contributed by atoms with van der Waals surface area (Å²) in [6, 6.07) is 8.24. The number of hydrogen-bond acceptors (Lipinski definition) is 4. The summed E-state index contributed by atoms with van der Waals surface area (Å²) in [5.74, 6) is 0. The summed E-state index contributed by atoms with van der Waals surface area (Å²) in [4.78, 5) is 5.14. The van der Waals surface area contributed by atoms with Crippen LogP contribution in [0.25, 0.3) is 0 Å². The Morgan fingerprint density at radius 2 is 1.84 bits per heavy atom. The van der Waals surface area contributed by atoms with Gasteiger partial charge in [0.1, 0.15) is 0 Å². The topological polar surface area (TPSA) is 21.8 Å². The standard InChI is InChI=1S/C20H29ClN4/c21-19-6-4-5-17(13-19)14-24-10-7-18-15-25(22-20(18)16-24)12-11-23-8-2-1-3-9-23/h4-6,13,22H,1-3,7-12,14-16H2. The van der Waals surface area contributed by atoms with Gasteiger partial charge in [-0.1, -0.05) is 30.2 Å². The zero-order valence-electron chi connectivity index (χ0n) is 15.0. The predicted octanol–water partition coefficient (Wildman–Crippen LogP) is 3.11. The highest BCUT2D eigenvalue weighted by atomic mass is 35.5. The second-order valence-corrected chi connectivity index (χ2v) is 8.04. The SMILES string of the molecule is Clc1cccc(CN2CCC3=C(C2)NN(CCN2CCCCC2)C3)c1. The second kappa shape index (κ2) is 8.09. The molecule has 0 atom stereocenters. The first-order valence-electron chi connectivity index (χ1n) is 9.68. The first-order valence-corrected chi connectivity index (χ1v) is 10.1.